The summed E-state index contributed by atoms with van der Waals surface area (Å²) >= 11 is 0. The molecule has 0 aromatic rings. The van der Waals surface area contributed by atoms with Crippen LogP contribution in [-0.2, 0) is 0 Å². The Kier molecular flexibility index (Phi) is 5.82. The predicted molar refractivity (Wildman–Crippen MR) is 68.9 cm³/mol. The summed E-state index contributed by atoms with van der Waals surface area (Å²) in [6, 6.07) is 0. The largest absolute Gasteiger partial charge is 0.330 e. The first kappa shape index (κ1) is 14.9. The molecule has 0 aliphatic heterocycles. The molecule has 0 bridgehead atoms. The van der Waals surface area contributed by atoms with Gasteiger partial charge in [-0.15, -0.1) is 0 Å². The maximum Gasteiger partial charge on any atom is -0.00000000850 e. The summed E-state index contributed by atoms with van der Waals surface area (Å²) in [7, 11) is 0. The van der Waals surface area contributed by atoms with Crippen molar-refractivity contribution in [2.24, 2.45) is 22.5 Å². The first-order chi connectivity index (χ1) is 6.64. The molecule has 0 rings (SSSR count). The Bertz CT molecular complexity index is 162. The minimum absolute atomic E-state index is 0.362. The monoisotopic (exact) mass is 214 g/mol. The Morgan fingerprint density at radius 3 is 1.87 bits per heavy atom. The van der Waals surface area contributed by atoms with Crippen LogP contribution in [0.3, 0.4) is 0 Å². The number of hydrogen-bond donors (Lipinski definition) is 2. The van der Waals surface area contributed by atoms with E-state index in [0.29, 0.717) is 16.7 Å². The molecule has 15 heavy (non-hydrogen) atoms. The standard InChI is InChI=1S/C13H30N2/c1-12(2,3)7-11(8-14)9-15-10-13(4,5)6/h11,15H,7-10,14H2,1-6H3. The van der Waals surface area contributed by atoms with Crippen LogP contribution in [0.25, 0.3) is 0 Å². The third-order valence-electron chi connectivity index (χ3n) is 2.32. The highest BCUT2D eigenvalue weighted by atomic mass is 14.9. The van der Waals surface area contributed by atoms with E-state index in [0.717, 1.165) is 19.6 Å². The highest BCUT2D eigenvalue weighted by Gasteiger charge is 2.18. The second-order valence-corrected chi connectivity index (χ2v) is 7.06. The van der Waals surface area contributed by atoms with Gasteiger partial charge in [-0.05, 0) is 42.8 Å². The molecule has 92 valence electrons. The van der Waals surface area contributed by atoms with Crippen LogP contribution in [0.1, 0.15) is 48.0 Å². The zero-order valence-electron chi connectivity index (χ0n) is 11.5. The van der Waals surface area contributed by atoms with Gasteiger partial charge in [-0.1, -0.05) is 41.5 Å². The molecule has 0 amide bonds. The van der Waals surface area contributed by atoms with Crippen molar-refractivity contribution < 1.29 is 0 Å². The summed E-state index contributed by atoms with van der Waals surface area (Å²) in [6.45, 7) is 16.5. The number of hydrogen-bond acceptors (Lipinski definition) is 2. The van der Waals surface area contributed by atoms with E-state index in [4.69, 9.17) is 5.73 Å². The zero-order valence-corrected chi connectivity index (χ0v) is 11.5. The SMILES string of the molecule is CC(C)(C)CNCC(CN)CC(C)(C)C. The van der Waals surface area contributed by atoms with Gasteiger partial charge in [0.1, 0.15) is 0 Å². The van der Waals surface area contributed by atoms with Crippen LogP contribution >= 0.6 is 0 Å². The van der Waals surface area contributed by atoms with Gasteiger partial charge in [0.15, 0.2) is 0 Å². The van der Waals surface area contributed by atoms with Crippen molar-refractivity contribution in [3.8, 4) is 0 Å². The van der Waals surface area contributed by atoms with Gasteiger partial charge in [-0.3, -0.25) is 0 Å². The Hall–Kier alpha value is -0.0800. The molecule has 0 saturated carbocycles. The molecule has 2 heteroatoms. The minimum Gasteiger partial charge on any atom is -0.330 e. The fourth-order valence-electron chi connectivity index (χ4n) is 1.76. The average Bonchev–Trinajstić information content (AvgIpc) is 1.97. The van der Waals surface area contributed by atoms with Crippen LogP contribution < -0.4 is 11.1 Å². The van der Waals surface area contributed by atoms with Crippen molar-refractivity contribution in [3.05, 3.63) is 0 Å². The smallest absolute Gasteiger partial charge is 0.00000000850 e. The molecule has 0 fully saturated rings. The van der Waals surface area contributed by atoms with Gasteiger partial charge < -0.3 is 11.1 Å². The van der Waals surface area contributed by atoms with E-state index in [9.17, 15) is 0 Å². The molecule has 0 spiro atoms. The van der Waals surface area contributed by atoms with E-state index < -0.39 is 0 Å². The minimum atomic E-state index is 0.362. The lowest BCUT2D eigenvalue weighted by Crippen LogP contribution is -2.35. The van der Waals surface area contributed by atoms with Crippen molar-refractivity contribution in [1.29, 1.82) is 0 Å². The average molecular weight is 214 g/mol. The zero-order chi connectivity index (χ0) is 12.1. The van der Waals surface area contributed by atoms with Crippen LogP contribution in [0.15, 0.2) is 0 Å². The van der Waals surface area contributed by atoms with Crippen LogP contribution in [0.5, 0.6) is 0 Å². The van der Waals surface area contributed by atoms with E-state index >= 15 is 0 Å². The molecule has 0 heterocycles. The molecule has 0 aliphatic carbocycles. The molecule has 1 unspecified atom stereocenters. The van der Waals surface area contributed by atoms with Crippen molar-refractivity contribution in [1.82, 2.24) is 5.32 Å². The molecule has 0 aromatic carbocycles. The third kappa shape index (κ3) is 10.2. The van der Waals surface area contributed by atoms with Gasteiger partial charge >= 0.3 is 0 Å². The summed E-state index contributed by atoms with van der Waals surface area (Å²) in [6.07, 6.45) is 1.20. The molecule has 3 N–H and O–H groups in total. The van der Waals surface area contributed by atoms with E-state index in [1.165, 1.54) is 6.42 Å². The quantitative estimate of drug-likeness (QED) is 0.738. The lowest BCUT2D eigenvalue weighted by atomic mass is 9.84. The molecule has 0 aromatic heterocycles. The molecule has 1 atom stereocenters. The summed E-state index contributed by atoms with van der Waals surface area (Å²) in [4.78, 5) is 0. The van der Waals surface area contributed by atoms with Crippen LogP contribution in [0.4, 0.5) is 0 Å². The predicted octanol–water partition coefficient (Wildman–Crippen LogP) is 2.63. The van der Waals surface area contributed by atoms with Gasteiger partial charge in [0.05, 0.1) is 0 Å². The van der Waals surface area contributed by atoms with Gasteiger partial charge in [-0.2, -0.15) is 0 Å². The maximum atomic E-state index is 5.79. The lowest BCUT2D eigenvalue weighted by Gasteiger charge is -2.27. The van der Waals surface area contributed by atoms with Crippen molar-refractivity contribution in [2.75, 3.05) is 19.6 Å². The molecule has 0 aliphatic rings. The Morgan fingerprint density at radius 1 is 1.00 bits per heavy atom. The first-order valence-corrected chi connectivity index (χ1v) is 6.05. The Morgan fingerprint density at radius 2 is 1.53 bits per heavy atom. The summed E-state index contributed by atoms with van der Waals surface area (Å²) in [5.74, 6) is 0.604. The number of nitrogens with one attached hydrogen (secondary N) is 1. The number of nitrogens with two attached hydrogens (primary N) is 1. The van der Waals surface area contributed by atoms with E-state index in [2.05, 4.69) is 46.9 Å². The van der Waals surface area contributed by atoms with Crippen molar-refractivity contribution in [2.45, 2.75) is 48.0 Å². The highest BCUT2D eigenvalue weighted by Crippen LogP contribution is 2.23. The second kappa shape index (κ2) is 5.86. The normalized spacial score (nSPS) is 15.4. The summed E-state index contributed by atoms with van der Waals surface area (Å²) in [5.41, 5.74) is 6.53. The van der Waals surface area contributed by atoms with Crippen LogP contribution in [0.2, 0.25) is 0 Å². The van der Waals surface area contributed by atoms with Gasteiger partial charge in [0, 0.05) is 0 Å². The third-order valence-corrected chi connectivity index (χ3v) is 2.32. The van der Waals surface area contributed by atoms with E-state index in [1.54, 1.807) is 0 Å². The van der Waals surface area contributed by atoms with E-state index in [1.807, 2.05) is 0 Å². The topological polar surface area (TPSA) is 38.0 Å². The maximum absolute atomic E-state index is 5.79. The fourth-order valence-corrected chi connectivity index (χ4v) is 1.76. The van der Waals surface area contributed by atoms with Crippen LogP contribution in [-0.4, -0.2) is 19.6 Å². The van der Waals surface area contributed by atoms with Gasteiger partial charge in [0.25, 0.3) is 0 Å². The van der Waals surface area contributed by atoms with Crippen LogP contribution in [0, 0.1) is 16.7 Å². The molecule has 2 nitrogen and oxygen atoms in total. The Balaban J connectivity index is 3.82. The highest BCUT2D eigenvalue weighted by molar-refractivity contribution is 4.73. The fraction of sp³-hybridized carbons (Fsp3) is 1.00. The summed E-state index contributed by atoms with van der Waals surface area (Å²) in [5, 5.41) is 3.52. The molecule has 0 saturated heterocycles. The molecular formula is C13H30N2. The first-order valence-electron chi connectivity index (χ1n) is 6.05. The van der Waals surface area contributed by atoms with E-state index in [-0.39, 0.29) is 0 Å². The van der Waals surface area contributed by atoms with Gasteiger partial charge in [0.2, 0.25) is 0 Å². The van der Waals surface area contributed by atoms with Crippen molar-refractivity contribution in [3.63, 3.8) is 0 Å². The lowest BCUT2D eigenvalue weighted by molar-refractivity contribution is 0.278. The second-order valence-electron chi connectivity index (χ2n) is 7.06. The number of rotatable bonds is 5. The molecular weight excluding hydrogens is 184 g/mol. The van der Waals surface area contributed by atoms with Gasteiger partial charge in [-0.25, -0.2) is 0 Å². The Labute approximate surface area is 96.0 Å². The summed E-state index contributed by atoms with van der Waals surface area (Å²) < 4.78 is 0. The molecule has 0 radical (unpaired) electrons. The van der Waals surface area contributed by atoms with Crippen molar-refractivity contribution >= 4 is 0 Å².